The molecule has 0 aliphatic carbocycles. The third kappa shape index (κ3) is 6.30. The first kappa shape index (κ1) is 17.8. The van der Waals surface area contributed by atoms with Crippen LogP contribution in [0.25, 0.3) is 0 Å². The van der Waals surface area contributed by atoms with Crippen LogP contribution < -0.4 is 11.1 Å². The van der Waals surface area contributed by atoms with Gasteiger partial charge in [0.15, 0.2) is 0 Å². The highest BCUT2D eigenvalue weighted by Crippen LogP contribution is 2.18. The standard InChI is InChI=1S/C19H24N4O/c20-14-6-1-2-7-15-21-19(24)16-10-12-18(13-11-16)23-22-17-8-4-3-5-9-17/h3-5,8-13H,1-2,6-7,14-15,20H2,(H,21,24)/b23-22+. The lowest BCUT2D eigenvalue weighted by Gasteiger charge is -2.05. The van der Waals surface area contributed by atoms with Crippen LogP contribution in [0, 0.1) is 0 Å². The maximum Gasteiger partial charge on any atom is 0.251 e. The third-order valence-electron chi connectivity index (χ3n) is 3.58. The van der Waals surface area contributed by atoms with Crippen molar-refractivity contribution in [1.82, 2.24) is 5.32 Å². The van der Waals surface area contributed by atoms with Crippen molar-refractivity contribution < 1.29 is 4.79 Å². The Bertz CT molecular complexity index is 638. The molecule has 0 heterocycles. The number of unbranched alkanes of at least 4 members (excludes halogenated alkanes) is 3. The quantitative estimate of drug-likeness (QED) is 0.531. The molecule has 0 atom stereocenters. The lowest BCUT2D eigenvalue weighted by atomic mass is 10.1. The Morgan fingerprint density at radius 1 is 0.833 bits per heavy atom. The van der Waals surface area contributed by atoms with E-state index in [4.69, 9.17) is 5.73 Å². The predicted octanol–water partition coefficient (Wildman–Crippen LogP) is 4.35. The fourth-order valence-electron chi connectivity index (χ4n) is 2.22. The number of rotatable bonds is 9. The van der Waals surface area contributed by atoms with Gasteiger partial charge >= 0.3 is 0 Å². The average molecular weight is 324 g/mol. The van der Waals surface area contributed by atoms with Gasteiger partial charge in [-0.05, 0) is 55.8 Å². The van der Waals surface area contributed by atoms with Gasteiger partial charge in [-0.1, -0.05) is 31.0 Å². The second-order valence-electron chi connectivity index (χ2n) is 5.54. The molecule has 0 radical (unpaired) electrons. The first-order chi connectivity index (χ1) is 11.8. The summed E-state index contributed by atoms with van der Waals surface area (Å²) in [5.74, 6) is -0.0552. The van der Waals surface area contributed by atoms with Crippen molar-refractivity contribution in [3.8, 4) is 0 Å². The number of benzene rings is 2. The van der Waals surface area contributed by atoms with Crippen LogP contribution in [0.3, 0.4) is 0 Å². The Balaban J connectivity index is 1.78. The summed E-state index contributed by atoms with van der Waals surface area (Å²) in [5.41, 5.74) is 7.60. The Hall–Kier alpha value is -2.53. The molecule has 0 saturated carbocycles. The van der Waals surface area contributed by atoms with Gasteiger partial charge in [0.2, 0.25) is 0 Å². The van der Waals surface area contributed by atoms with Crippen LogP contribution in [0.4, 0.5) is 11.4 Å². The van der Waals surface area contributed by atoms with E-state index in [2.05, 4.69) is 15.5 Å². The van der Waals surface area contributed by atoms with E-state index in [0.29, 0.717) is 12.1 Å². The van der Waals surface area contributed by atoms with E-state index < -0.39 is 0 Å². The molecule has 0 unspecified atom stereocenters. The number of nitrogens with zero attached hydrogens (tertiary/aromatic N) is 2. The van der Waals surface area contributed by atoms with Gasteiger partial charge in [-0.25, -0.2) is 0 Å². The zero-order valence-corrected chi connectivity index (χ0v) is 13.8. The molecule has 1 amide bonds. The van der Waals surface area contributed by atoms with Crippen molar-refractivity contribution in [3.05, 3.63) is 60.2 Å². The molecule has 24 heavy (non-hydrogen) atoms. The second kappa shape index (κ2) is 10.3. The molecule has 0 aromatic heterocycles. The van der Waals surface area contributed by atoms with E-state index in [9.17, 15) is 4.79 Å². The van der Waals surface area contributed by atoms with E-state index in [1.807, 2.05) is 30.3 Å². The first-order valence-corrected chi connectivity index (χ1v) is 8.35. The van der Waals surface area contributed by atoms with Crippen LogP contribution in [-0.4, -0.2) is 19.0 Å². The Labute approximate surface area is 143 Å². The molecule has 0 aliphatic rings. The molecule has 0 fully saturated rings. The van der Waals surface area contributed by atoms with Crippen LogP contribution in [0.15, 0.2) is 64.8 Å². The molecule has 0 saturated heterocycles. The molecule has 5 nitrogen and oxygen atoms in total. The van der Waals surface area contributed by atoms with Crippen LogP contribution in [0.5, 0.6) is 0 Å². The number of nitrogens with one attached hydrogen (secondary N) is 1. The molecule has 2 aromatic rings. The molecule has 2 rings (SSSR count). The monoisotopic (exact) mass is 324 g/mol. The van der Waals surface area contributed by atoms with Gasteiger partial charge in [0.1, 0.15) is 0 Å². The molecular weight excluding hydrogens is 300 g/mol. The number of carbonyl (C=O) groups is 1. The summed E-state index contributed by atoms with van der Waals surface area (Å²) in [7, 11) is 0. The normalized spacial score (nSPS) is 10.9. The van der Waals surface area contributed by atoms with Crippen molar-refractivity contribution in [3.63, 3.8) is 0 Å². The van der Waals surface area contributed by atoms with Crippen molar-refractivity contribution >= 4 is 17.3 Å². The summed E-state index contributed by atoms with van der Waals surface area (Å²) < 4.78 is 0. The summed E-state index contributed by atoms with van der Waals surface area (Å²) in [4.78, 5) is 12.0. The van der Waals surface area contributed by atoms with Gasteiger partial charge in [-0.15, -0.1) is 0 Å². The Morgan fingerprint density at radius 2 is 1.46 bits per heavy atom. The van der Waals surface area contributed by atoms with Crippen molar-refractivity contribution in [2.24, 2.45) is 16.0 Å². The topological polar surface area (TPSA) is 79.8 Å². The van der Waals surface area contributed by atoms with Gasteiger partial charge in [0.25, 0.3) is 5.91 Å². The van der Waals surface area contributed by atoms with Crippen LogP contribution in [0.1, 0.15) is 36.0 Å². The van der Waals surface area contributed by atoms with Crippen molar-refractivity contribution in [1.29, 1.82) is 0 Å². The van der Waals surface area contributed by atoms with E-state index in [1.165, 1.54) is 0 Å². The van der Waals surface area contributed by atoms with Gasteiger partial charge in [0, 0.05) is 12.1 Å². The molecule has 2 aromatic carbocycles. The van der Waals surface area contributed by atoms with E-state index in [0.717, 1.165) is 43.6 Å². The van der Waals surface area contributed by atoms with Gasteiger partial charge in [0.05, 0.1) is 11.4 Å². The average Bonchev–Trinajstić information content (AvgIpc) is 2.64. The SMILES string of the molecule is NCCCCCCNC(=O)c1ccc(/N=N/c2ccccc2)cc1. The predicted molar refractivity (Wildman–Crippen MR) is 96.9 cm³/mol. The zero-order valence-electron chi connectivity index (χ0n) is 13.8. The van der Waals surface area contributed by atoms with Crippen LogP contribution >= 0.6 is 0 Å². The minimum atomic E-state index is -0.0552. The van der Waals surface area contributed by atoms with Crippen molar-refractivity contribution in [2.75, 3.05) is 13.1 Å². The largest absolute Gasteiger partial charge is 0.352 e. The highest BCUT2D eigenvalue weighted by Gasteiger charge is 2.04. The molecular formula is C19H24N4O. The number of amides is 1. The lowest BCUT2D eigenvalue weighted by Crippen LogP contribution is -2.24. The minimum Gasteiger partial charge on any atom is -0.352 e. The van der Waals surface area contributed by atoms with E-state index >= 15 is 0 Å². The smallest absolute Gasteiger partial charge is 0.251 e. The molecule has 3 N–H and O–H groups in total. The number of carbonyl (C=O) groups excluding carboxylic acids is 1. The zero-order chi connectivity index (χ0) is 17.0. The Morgan fingerprint density at radius 3 is 2.12 bits per heavy atom. The minimum absolute atomic E-state index is 0.0552. The van der Waals surface area contributed by atoms with Crippen LogP contribution in [-0.2, 0) is 0 Å². The summed E-state index contributed by atoms with van der Waals surface area (Å²) in [6, 6.07) is 16.7. The number of nitrogens with two attached hydrogens (primary N) is 1. The maximum atomic E-state index is 12.0. The fourth-order valence-corrected chi connectivity index (χ4v) is 2.22. The number of azo groups is 1. The highest BCUT2D eigenvalue weighted by molar-refractivity contribution is 5.94. The first-order valence-electron chi connectivity index (χ1n) is 8.35. The molecule has 126 valence electrons. The maximum absolute atomic E-state index is 12.0. The fraction of sp³-hybridized carbons (Fsp3) is 0.316. The van der Waals surface area contributed by atoms with E-state index in [-0.39, 0.29) is 5.91 Å². The summed E-state index contributed by atoms with van der Waals surface area (Å²) in [5, 5.41) is 11.2. The summed E-state index contributed by atoms with van der Waals surface area (Å²) in [6.45, 7) is 1.43. The Kier molecular flexibility index (Phi) is 7.63. The molecule has 0 aliphatic heterocycles. The summed E-state index contributed by atoms with van der Waals surface area (Å²) >= 11 is 0. The van der Waals surface area contributed by atoms with Crippen molar-refractivity contribution in [2.45, 2.75) is 25.7 Å². The highest BCUT2D eigenvalue weighted by atomic mass is 16.1. The van der Waals surface area contributed by atoms with Gasteiger partial charge in [-0.3, -0.25) is 4.79 Å². The third-order valence-corrected chi connectivity index (χ3v) is 3.58. The number of hydrogen-bond acceptors (Lipinski definition) is 4. The van der Waals surface area contributed by atoms with Gasteiger partial charge < -0.3 is 11.1 Å². The van der Waals surface area contributed by atoms with Crippen LogP contribution in [0.2, 0.25) is 0 Å². The molecule has 5 heteroatoms. The van der Waals surface area contributed by atoms with E-state index in [1.54, 1.807) is 24.3 Å². The number of hydrogen-bond donors (Lipinski definition) is 2. The summed E-state index contributed by atoms with van der Waals surface area (Å²) in [6.07, 6.45) is 4.24. The van der Waals surface area contributed by atoms with Gasteiger partial charge in [-0.2, -0.15) is 10.2 Å². The lowest BCUT2D eigenvalue weighted by molar-refractivity contribution is 0.0953. The molecule has 0 bridgehead atoms. The second-order valence-corrected chi connectivity index (χ2v) is 5.54. The molecule has 0 spiro atoms.